The van der Waals surface area contributed by atoms with Crippen molar-refractivity contribution in [2.45, 2.75) is 58.8 Å². The van der Waals surface area contributed by atoms with Crippen molar-refractivity contribution in [3.63, 3.8) is 0 Å². The Labute approximate surface area is 365 Å². The Balaban J connectivity index is 0.849. The van der Waals surface area contributed by atoms with Crippen LogP contribution in [0.2, 0.25) is 0 Å². The number of carbonyl (C=O) groups is 4. The summed E-state index contributed by atoms with van der Waals surface area (Å²) in [6.07, 6.45) is 0.564. The van der Waals surface area contributed by atoms with Gasteiger partial charge in [-0.05, 0) is 59.9 Å². The first-order valence-electron chi connectivity index (χ1n) is 20.1. The molecule has 0 bridgehead atoms. The van der Waals surface area contributed by atoms with E-state index in [2.05, 4.69) is 36.0 Å². The lowest BCUT2D eigenvalue weighted by Gasteiger charge is -2.35. The number of aromatic nitrogens is 5. The zero-order valence-electron chi connectivity index (χ0n) is 35.3. The molecule has 1 saturated heterocycles. The van der Waals surface area contributed by atoms with Crippen LogP contribution < -0.4 is 26.2 Å². The average molecular weight is 878 g/mol. The van der Waals surface area contributed by atoms with Gasteiger partial charge in [-0.3, -0.25) is 24.0 Å². The Bertz CT molecular complexity index is 2670. The SMILES string of the molecule is Cc1ncsc1-c1ccc(CNC(=O)[C@H]2C[C@H](O)CN2C(=O)[C@H](NC(=O)COCCOc2ccc(C(=O)Nc3ccc4oc(-c5ccc(=O)n(C)n5)nc4c3)nc2)C(C)(C)C)cc1. The lowest BCUT2D eigenvalue weighted by molar-refractivity contribution is -0.144. The van der Waals surface area contributed by atoms with Crippen LogP contribution in [0.15, 0.2) is 87.6 Å². The summed E-state index contributed by atoms with van der Waals surface area (Å²) >= 11 is 1.56. The van der Waals surface area contributed by atoms with Crippen molar-refractivity contribution >= 4 is 51.8 Å². The minimum atomic E-state index is -1.01. The summed E-state index contributed by atoms with van der Waals surface area (Å²) in [4.78, 5) is 80.4. The summed E-state index contributed by atoms with van der Waals surface area (Å²) in [5, 5.41) is 23.1. The fourth-order valence-electron chi connectivity index (χ4n) is 6.89. The van der Waals surface area contributed by atoms with Gasteiger partial charge in [0.25, 0.3) is 11.5 Å². The second kappa shape index (κ2) is 19.1. The number of aryl methyl sites for hydroxylation is 2. The van der Waals surface area contributed by atoms with Gasteiger partial charge >= 0.3 is 0 Å². The minimum absolute atomic E-state index is 0.0304. The number of thiazole rings is 1. The second-order valence-electron chi connectivity index (χ2n) is 16.1. The van der Waals surface area contributed by atoms with E-state index in [0.29, 0.717) is 28.2 Å². The maximum atomic E-state index is 13.9. The molecule has 3 atom stereocenters. The van der Waals surface area contributed by atoms with E-state index in [1.54, 1.807) is 61.9 Å². The molecule has 18 nitrogen and oxygen atoms in total. The second-order valence-corrected chi connectivity index (χ2v) is 16.9. The van der Waals surface area contributed by atoms with Crippen molar-refractivity contribution in [2.24, 2.45) is 12.5 Å². The number of ether oxygens (including phenoxy) is 2. The fourth-order valence-corrected chi connectivity index (χ4v) is 7.70. The lowest BCUT2D eigenvalue weighted by atomic mass is 9.85. The molecule has 1 aliphatic heterocycles. The van der Waals surface area contributed by atoms with Crippen LogP contribution in [0.3, 0.4) is 0 Å². The highest BCUT2D eigenvalue weighted by atomic mass is 32.1. The number of oxazole rings is 1. The number of likely N-dealkylation sites (tertiary alicyclic amines) is 1. The van der Waals surface area contributed by atoms with Crippen LogP contribution in [-0.2, 0) is 32.7 Å². The maximum Gasteiger partial charge on any atom is 0.274 e. The number of anilines is 1. The number of aliphatic hydroxyl groups excluding tert-OH is 1. The molecule has 4 N–H and O–H groups in total. The summed E-state index contributed by atoms with van der Waals surface area (Å²) in [6, 6.07) is 16.8. The van der Waals surface area contributed by atoms with E-state index in [0.717, 1.165) is 21.7 Å². The quantitative estimate of drug-likeness (QED) is 0.108. The molecule has 5 heterocycles. The number of amides is 4. The third-order valence-electron chi connectivity index (χ3n) is 10.2. The van der Waals surface area contributed by atoms with Crippen molar-refractivity contribution in [1.82, 2.24) is 40.3 Å². The predicted molar refractivity (Wildman–Crippen MR) is 233 cm³/mol. The van der Waals surface area contributed by atoms with Gasteiger partial charge in [0.05, 0.1) is 35.0 Å². The molecule has 4 amide bonds. The van der Waals surface area contributed by atoms with Crippen LogP contribution in [0.25, 0.3) is 33.1 Å². The molecule has 2 aromatic carbocycles. The third-order valence-corrected chi connectivity index (χ3v) is 11.2. The Kier molecular flexibility index (Phi) is 13.4. The number of carbonyl (C=O) groups excluding carboxylic acids is 4. The standard InChI is InChI=1S/C44H47N9O9S/c1-25-38(63-24-47-25)27-8-6-26(7-9-27)20-46-41(58)34-19-29(54)22-53(34)43(59)39(44(2,3)4)50-36(55)23-60-16-17-61-30-11-12-31(45-21-30)40(57)48-28-10-14-35-33(18-28)49-42(62-35)32-13-15-37(56)52(5)51-32/h6-15,18,21,24,29,34,39,54H,16-17,19-20,22-23H2,1-5H3,(H,46,58)(H,48,57)(H,50,55)/t29-,34+,39-/m0/s1. The molecule has 0 aliphatic carbocycles. The summed E-state index contributed by atoms with van der Waals surface area (Å²) in [7, 11) is 1.53. The average Bonchev–Trinajstić information content (AvgIpc) is 4.00. The van der Waals surface area contributed by atoms with E-state index in [9.17, 15) is 29.1 Å². The van der Waals surface area contributed by atoms with Crippen LogP contribution in [0.1, 0.15) is 48.9 Å². The molecule has 0 unspecified atom stereocenters. The van der Waals surface area contributed by atoms with E-state index in [-0.39, 0.29) is 56.5 Å². The normalized spacial score (nSPS) is 15.6. The van der Waals surface area contributed by atoms with E-state index < -0.39 is 47.2 Å². The summed E-state index contributed by atoms with van der Waals surface area (Å²) in [5.74, 6) is -1.29. The molecule has 328 valence electrons. The van der Waals surface area contributed by atoms with Crippen LogP contribution in [0.5, 0.6) is 5.75 Å². The third kappa shape index (κ3) is 10.8. The fraction of sp³-hybridized carbons (Fsp3) is 0.341. The highest BCUT2D eigenvalue weighted by Crippen LogP contribution is 2.29. The molecule has 7 rings (SSSR count). The van der Waals surface area contributed by atoms with Crippen LogP contribution in [-0.4, -0.2) is 103 Å². The van der Waals surface area contributed by atoms with Gasteiger partial charge in [-0.15, -0.1) is 11.3 Å². The van der Waals surface area contributed by atoms with Gasteiger partial charge < -0.3 is 39.8 Å². The van der Waals surface area contributed by atoms with Gasteiger partial charge in [-0.1, -0.05) is 45.0 Å². The smallest absolute Gasteiger partial charge is 0.274 e. The zero-order valence-corrected chi connectivity index (χ0v) is 36.1. The lowest BCUT2D eigenvalue weighted by Crippen LogP contribution is -2.58. The number of nitrogens with one attached hydrogen (secondary N) is 3. The van der Waals surface area contributed by atoms with Gasteiger partial charge in [0.1, 0.15) is 48.0 Å². The molecule has 63 heavy (non-hydrogen) atoms. The topological polar surface area (TPSA) is 233 Å². The van der Waals surface area contributed by atoms with E-state index in [1.807, 2.05) is 31.2 Å². The number of hydrogen-bond donors (Lipinski definition) is 4. The number of hydrogen-bond acceptors (Lipinski definition) is 14. The van der Waals surface area contributed by atoms with Crippen molar-refractivity contribution in [3.8, 4) is 27.8 Å². The van der Waals surface area contributed by atoms with Crippen molar-refractivity contribution in [1.29, 1.82) is 0 Å². The summed E-state index contributed by atoms with van der Waals surface area (Å²) < 4.78 is 18.2. The number of β-amino-alcohol motifs (C(OH)–C–C–N with tert-alkyl or cyclic N) is 1. The molecule has 0 saturated carbocycles. The number of rotatable bonds is 15. The Morgan fingerprint density at radius 1 is 1.02 bits per heavy atom. The molecule has 19 heteroatoms. The van der Waals surface area contributed by atoms with Gasteiger partial charge in [0.2, 0.25) is 23.6 Å². The monoisotopic (exact) mass is 877 g/mol. The summed E-state index contributed by atoms with van der Waals surface area (Å²) in [6.45, 7) is 7.29. The molecule has 0 radical (unpaired) electrons. The Morgan fingerprint density at radius 3 is 2.51 bits per heavy atom. The van der Waals surface area contributed by atoms with E-state index in [4.69, 9.17) is 13.9 Å². The Morgan fingerprint density at radius 2 is 1.81 bits per heavy atom. The number of pyridine rings is 1. The van der Waals surface area contributed by atoms with Gasteiger partial charge in [-0.25, -0.2) is 19.6 Å². The molecule has 0 spiro atoms. The Hall–Kier alpha value is -6.83. The zero-order chi connectivity index (χ0) is 44.8. The number of fused-ring (bicyclic) bond motifs is 1. The van der Waals surface area contributed by atoms with Crippen LogP contribution in [0, 0.1) is 12.3 Å². The first kappa shape index (κ1) is 44.2. The first-order valence-corrected chi connectivity index (χ1v) is 21.0. The largest absolute Gasteiger partial charge is 0.490 e. The maximum absolute atomic E-state index is 13.9. The molecular weight excluding hydrogens is 831 g/mol. The molecule has 1 fully saturated rings. The van der Waals surface area contributed by atoms with Crippen LogP contribution >= 0.6 is 11.3 Å². The summed E-state index contributed by atoms with van der Waals surface area (Å²) in [5.41, 5.74) is 5.59. The van der Waals surface area contributed by atoms with Crippen molar-refractivity contribution in [2.75, 3.05) is 31.7 Å². The molecular formula is C44H47N9O9S. The van der Waals surface area contributed by atoms with E-state index >= 15 is 0 Å². The predicted octanol–water partition coefficient (Wildman–Crippen LogP) is 3.87. The van der Waals surface area contributed by atoms with Gasteiger partial charge in [0, 0.05) is 38.3 Å². The highest BCUT2D eigenvalue weighted by Gasteiger charge is 2.44. The first-order chi connectivity index (χ1) is 30.1. The van der Waals surface area contributed by atoms with Crippen molar-refractivity contribution in [3.05, 3.63) is 106 Å². The van der Waals surface area contributed by atoms with Gasteiger partial charge in [0.15, 0.2) is 5.58 Å². The molecule has 1 aliphatic rings. The van der Waals surface area contributed by atoms with Crippen LogP contribution in [0.4, 0.5) is 5.69 Å². The number of aliphatic hydroxyl groups is 1. The molecule has 4 aromatic heterocycles. The number of benzene rings is 2. The number of nitrogens with zero attached hydrogens (tertiary/aromatic N) is 6. The minimum Gasteiger partial charge on any atom is -0.490 e. The van der Waals surface area contributed by atoms with Gasteiger partial charge in [-0.2, -0.15) is 5.10 Å². The van der Waals surface area contributed by atoms with Crippen molar-refractivity contribution < 1.29 is 38.2 Å². The molecule has 6 aromatic rings. The highest BCUT2D eigenvalue weighted by molar-refractivity contribution is 7.13. The van der Waals surface area contributed by atoms with E-state index in [1.165, 1.54) is 41.0 Å².